The van der Waals surface area contributed by atoms with E-state index < -0.39 is 0 Å². The molecule has 0 N–H and O–H groups in total. The van der Waals surface area contributed by atoms with E-state index in [-0.39, 0.29) is 6.10 Å². The zero-order valence-electron chi connectivity index (χ0n) is 17.6. The number of aryl methyl sites for hydroxylation is 2. The molecule has 0 radical (unpaired) electrons. The van der Waals surface area contributed by atoms with Crippen molar-refractivity contribution in [3.63, 3.8) is 0 Å². The molecule has 0 bridgehead atoms. The van der Waals surface area contributed by atoms with Crippen LogP contribution in [0.4, 0.5) is 0 Å². The molecule has 28 heavy (non-hydrogen) atoms. The molecular formula is C24H33NO3. The zero-order valence-corrected chi connectivity index (χ0v) is 17.6. The van der Waals surface area contributed by atoms with Crippen molar-refractivity contribution < 1.29 is 14.2 Å². The SMILES string of the molecule is C=C(CC)O[C@@H](COc1ccccc1CCc1ccc(OC)cc1)CN(C)C. The van der Waals surface area contributed by atoms with Crippen LogP contribution >= 0.6 is 0 Å². The second-order valence-corrected chi connectivity index (χ2v) is 7.16. The first kappa shape index (κ1) is 21.8. The van der Waals surface area contributed by atoms with E-state index in [0.717, 1.165) is 43.1 Å². The number of methoxy groups -OCH3 is 1. The van der Waals surface area contributed by atoms with Gasteiger partial charge in [0.1, 0.15) is 24.2 Å². The highest BCUT2D eigenvalue weighted by atomic mass is 16.5. The van der Waals surface area contributed by atoms with Crippen LogP contribution in [0.5, 0.6) is 11.5 Å². The predicted molar refractivity (Wildman–Crippen MR) is 115 cm³/mol. The second-order valence-electron chi connectivity index (χ2n) is 7.16. The molecule has 1 atom stereocenters. The lowest BCUT2D eigenvalue weighted by Crippen LogP contribution is -2.33. The Labute approximate surface area is 169 Å². The first-order valence-electron chi connectivity index (χ1n) is 9.84. The van der Waals surface area contributed by atoms with Gasteiger partial charge in [-0.05, 0) is 56.3 Å². The third-order valence-electron chi connectivity index (χ3n) is 4.54. The van der Waals surface area contributed by atoms with E-state index in [2.05, 4.69) is 35.7 Å². The summed E-state index contributed by atoms with van der Waals surface area (Å²) >= 11 is 0. The number of nitrogens with zero attached hydrogens (tertiary/aromatic N) is 1. The smallest absolute Gasteiger partial charge is 0.145 e. The third-order valence-corrected chi connectivity index (χ3v) is 4.54. The van der Waals surface area contributed by atoms with E-state index in [4.69, 9.17) is 14.2 Å². The molecule has 2 aromatic rings. The lowest BCUT2D eigenvalue weighted by Gasteiger charge is -2.24. The molecule has 0 aromatic heterocycles. The molecule has 2 aromatic carbocycles. The van der Waals surface area contributed by atoms with Crippen molar-refractivity contribution in [2.24, 2.45) is 0 Å². The fourth-order valence-corrected chi connectivity index (χ4v) is 2.96. The Bertz CT molecular complexity index is 725. The van der Waals surface area contributed by atoms with Crippen LogP contribution in [0.15, 0.2) is 60.9 Å². The Balaban J connectivity index is 1.98. The van der Waals surface area contributed by atoms with Crippen molar-refractivity contribution in [3.05, 3.63) is 72.0 Å². The Hall–Kier alpha value is -2.46. The van der Waals surface area contributed by atoms with E-state index in [0.29, 0.717) is 6.61 Å². The molecule has 0 fully saturated rings. The highest BCUT2D eigenvalue weighted by Gasteiger charge is 2.14. The maximum atomic E-state index is 6.16. The zero-order chi connectivity index (χ0) is 20.4. The Morgan fingerprint density at radius 3 is 2.39 bits per heavy atom. The number of ether oxygens (including phenoxy) is 3. The molecule has 0 saturated carbocycles. The molecule has 152 valence electrons. The maximum absolute atomic E-state index is 6.16. The minimum atomic E-state index is -0.0444. The third kappa shape index (κ3) is 7.28. The molecule has 0 heterocycles. The van der Waals surface area contributed by atoms with Gasteiger partial charge in [0.15, 0.2) is 0 Å². The standard InChI is InChI=1S/C24H33NO3/c1-6-19(2)28-23(17-25(3)4)18-27-24-10-8-7-9-21(24)14-11-20-12-15-22(26-5)16-13-20/h7-10,12-13,15-16,23H,2,6,11,14,17-18H2,1,3-5H3/t23-/m1/s1. The Morgan fingerprint density at radius 2 is 1.75 bits per heavy atom. The van der Waals surface area contributed by atoms with Crippen molar-refractivity contribution in [2.75, 3.05) is 34.4 Å². The molecule has 0 aliphatic heterocycles. The fraction of sp³-hybridized carbons (Fsp3) is 0.417. The summed E-state index contributed by atoms with van der Waals surface area (Å²) in [5.41, 5.74) is 2.49. The molecule has 2 rings (SSSR count). The van der Waals surface area contributed by atoms with Gasteiger partial charge < -0.3 is 19.1 Å². The maximum Gasteiger partial charge on any atom is 0.145 e. The van der Waals surface area contributed by atoms with Crippen LogP contribution in [0.1, 0.15) is 24.5 Å². The van der Waals surface area contributed by atoms with Gasteiger partial charge in [0.25, 0.3) is 0 Å². The van der Waals surface area contributed by atoms with Crippen LogP contribution in [-0.2, 0) is 17.6 Å². The second kappa shape index (κ2) is 11.4. The van der Waals surface area contributed by atoms with Gasteiger partial charge in [-0.3, -0.25) is 0 Å². The Morgan fingerprint density at radius 1 is 1.04 bits per heavy atom. The summed E-state index contributed by atoms with van der Waals surface area (Å²) in [6.45, 7) is 7.29. The number of likely N-dealkylation sites (N-methyl/N-ethyl adjacent to an activating group) is 1. The van der Waals surface area contributed by atoms with E-state index in [1.807, 2.05) is 45.3 Å². The lowest BCUT2D eigenvalue weighted by atomic mass is 10.0. The molecule has 0 aliphatic rings. The number of para-hydroxylation sites is 1. The van der Waals surface area contributed by atoms with Gasteiger partial charge in [-0.1, -0.05) is 43.8 Å². The van der Waals surface area contributed by atoms with Crippen LogP contribution in [-0.4, -0.2) is 45.4 Å². The molecule has 0 unspecified atom stereocenters. The summed E-state index contributed by atoms with van der Waals surface area (Å²) in [5.74, 6) is 2.60. The summed E-state index contributed by atoms with van der Waals surface area (Å²) < 4.78 is 17.3. The van der Waals surface area contributed by atoms with E-state index in [1.54, 1.807) is 7.11 Å². The normalized spacial score (nSPS) is 11.9. The minimum Gasteiger partial charge on any atom is -0.497 e. The van der Waals surface area contributed by atoms with Crippen molar-refractivity contribution in [2.45, 2.75) is 32.3 Å². The quantitative estimate of drug-likeness (QED) is 0.496. The van der Waals surface area contributed by atoms with E-state index in [1.165, 1.54) is 11.1 Å². The van der Waals surface area contributed by atoms with Crippen molar-refractivity contribution in [1.82, 2.24) is 4.90 Å². The number of hydrogen-bond donors (Lipinski definition) is 0. The van der Waals surface area contributed by atoms with Gasteiger partial charge in [-0.25, -0.2) is 0 Å². The first-order chi connectivity index (χ1) is 13.5. The number of benzene rings is 2. The van der Waals surface area contributed by atoms with Crippen molar-refractivity contribution in [1.29, 1.82) is 0 Å². The number of allylic oxidation sites excluding steroid dienone is 1. The molecular weight excluding hydrogens is 350 g/mol. The monoisotopic (exact) mass is 383 g/mol. The topological polar surface area (TPSA) is 30.9 Å². The lowest BCUT2D eigenvalue weighted by molar-refractivity contribution is 0.0465. The largest absolute Gasteiger partial charge is 0.497 e. The van der Waals surface area contributed by atoms with Gasteiger partial charge >= 0.3 is 0 Å². The average Bonchev–Trinajstić information content (AvgIpc) is 2.71. The summed E-state index contributed by atoms with van der Waals surface area (Å²) in [6, 6.07) is 16.5. The summed E-state index contributed by atoms with van der Waals surface area (Å²) in [7, 11) is 5.76. The van der Waals surface area contributed by atoms with E-state index >= 15 is 0 Å². The molecule has 4 heteroatoms. The van der Waals surface area contributed by atoms with Crippen LogP contribution < -0.4 is 9.47 Å². The fourth-order valence-electron chi connectivity index (χ4n) is 2.96. The van der Waals surface area contributed by atoms with Crippen molar-refractivity contribution in [3.8, 4) is 11.5 Å². The molecule has 0 amide bonds. The molecule has 4 nitrogen and oxygen atoms in total. The van der Waals surface area contributed by atoms with Gasteiger partial charge in [0.05, 0.1) is 12.9 Å². The van der Waals surface area contributed by atoms with Crippen LogP contribution in [0.25, 0.3) is 0 Å². The highest BCUT2D eigenvalue weighted by Crippen LogP contribution is 2.22. The Kier molecular flexibility index (Phi) is 8.89. The molecule has 0 saturated heterocycles. The summed E-state index contributed by atoms with van der Waals surface area (Å²) in [4.78, 5) is 2.10. The van der Waals surface area contributed by atoms with Gasteiger partial charge in [0.2, 0.25) is 0 Å². The van der Waals surface area contributed by atoms with Gasteiger partial charge in [-0.2, -0.15) is 0 Å². The van der Waals surface area contributed by atoms with Gasteiger partial charge in [0, 0.05) is 13.0 Å². The predicted octanol–water partition coefficient (Wildman–Crippen LogP) is 4.73. The highest BCUT2D eigenvalue weighted by molar-refractivity contribution is 5.35. The van der Waals surface area contributed by atoms with E-state index in [9.17, 15) is 0 Å². The minimum absolute atomic E-state index is 0.0444. The van der Waals surface area contributed by atoms with Crippen LogP contribution in [0, 0.1) is 0 Å². The summed E-state index contributed by atoms with van der Waals surface area (Å²) in [5, 5.41) is 0. The first-order valence-corrected chi connectivity index (χ1v) is 9.84. The number of hydrogen-bond acceptors (Lipinski definition) is 4. The molecule has 0 aliphatic carbocycles. The van der Waals surface area contributed by atoms with Crippen molar-refractivity contribution >= 4 is 0 Å². The number of rotatable bonds is 12. The van der Waals surface area contributed by atoms with Crippen LogP contribution in [0.2, 0.25) is 0 Å². The molecule has 0 spiro atoms. The van der Waals surface area contributed by atoms with Gasteiger partial charge in [-0.15, -0.1) is 0 Å². The van der Waals surface area contributed by atoms with Crippen LogP contribution in [0.3, 0.4) is 0 Å². The summed E-state index contributed by atoms with van der Waals surface area (Å²) in [6.07, 6.45) is 2.64. The average molecular weight is 384 g/mol.